The highest BCUT2D eigenvalue weighted by Gasteiger charge is 2.23. The zero-order valence-corrected chi connectivity index (χ0v) is 14.7. The minimum absolute atomic E-state index is 0.0238. The number of hydrogen-bond donors (Lipinski definition) is 0. The van der Waals surface area contributed by atoms with Crippen molar-refractivity contribution in [2.75, 3.05) is 45.8 Å². The highest BCUT2D eigenvalue weighted by atomic mass is 32.1. The molecule has 1 aromatic heterocycles. The Bertz CT molecular complexity index is 581. The van der Waals surface area contributed by atoms with E-state index in [0.29, 0.717) is 13.1 Å². The molecule has 0 spiro atoms. The first-order valence-electron chi connectivity index (χ1n) is 8.58. The van der Waals surface area contributed by atoms with E-state index in [1.54, 1.807) is 17.7 Å². The third-order valence-corrected chi connectivity index (χ3v) is 5.17. The van der Waals surface area contributed by atoms with Crippen LogP contribution in [0.2, 0.25) is 0 Å². The molecule has 1 aromatic rings. The SMILES string of the molecule is O=C(C=Cc1cscn1)N1CCCN(CC(=O)N2CCCC2)CC1. The Labute approximate surface area is 146 Å². The van der Waals surface area contributed by atoms with Crippen molar-refractivity contribution in [3.8, 4) is 0 Å². The summed E-state index contributed by atoms with van der Waals surface area (Å²) in [7, 11) is 0. The van der Waals surface area contributed by atoms with Gasteiger partial charge in [0.2, 0.25) is 11.8 Å². The van der Waals surface area contributed by atoms with Gasteiger partial charge in [-0.15, -0.1) is 11.3 Å². The van der Waals surface area contributed by atoms with Crippen LogP contribution in [-0.4, -0.2) is 77.3 Å². The van der Waals surface area contributed by atoms with Crippen LogP contribution in [0.3, 0.4) is 0 Å². The van der Waals surface area contributed by atoms with E-state index in [1.165, 1.54) is 11.3 Å². The lowest BCUT2D eigenvalue weighted by Gasteiger charge is -2.23. The maximum absolute atomic E-state index is 12.3. The third kappa shape index (κ3) is 4.64. The molecule has 0 saturated carbocycles. The van der Waals surface area contributed by atoms with Crippen LogP contribution < -0.4 is 0 Å². The third-order valence-electron chi connectivity index (χ3n) is 4.57. The summed E-state index contributed by atoms with van der Waals surface area (Å²) in [6.07, 6.45) is 6.51. The molecule has 0 bridgehead atoms. The van der Waals surface area contributed by atoms with E-state index >= 15 is 0 Å². The molecule has 2 aliphatic rings. The summed E-state index contributed by atoms with van der Waals surface area (Å²) in [5.41, 5.74) is 2.58. The molecule has 0 unspecified atom stereocenters. The average molecular weight is 348 g/mol. The van der Waals surface area contributed by atoms with Crippen LogP contribution in [0.1, 0.15) is 25.0 Å². The Balaban J connectivity index is 1.47. The van der Waals surface area contributed by atoms with Crippen molar-refractivity contribution in [2.24, 2.45) is 0 Å². The second kappa shape index (κ2) is 8.39. The van der Waals surface area contributed by atoms with E-state index in [4.69, 9.17) is 0 Å². The van der Waals surface area contributed by atoms with Gasteiger partial charge in [0.15, 0.2) is 0 Å². The Morgan fingerprint density at radius 1 is 1.04 bits per heavy atom. The largest absolute Gasteiger partial charge is 0.342 e. The molecule has 0 atom stereocenters. The van der Waals surface area contributed by atoms with Gasteiger partial charge in [-0.05, 0) is 25.3 Å². The van der Waals surface area contributed by atoms with Crippen molar-refractivity contribution in [1.82, 2.24) is 19.7 Å². The van der Waals surface area contributed by atoms with Crippen LogP contribution in [0.5, 0.6) is 0 Å². The quantitative estimate of drug-likeness (QED) is 0.770. The molecule has 7 heteroatoms. The topological polar surface area (TPSA) is 56.8 Å². The number of thiazole rings is 1. The van der Waals surface area contributed by atoms with Gasteiger partial charge in [0.05, 0.1) is 17.7 Å². The number of nitrogens with zero attached hydrogens (tertiary/aromatic N) is 4. The van der Waals surface area contributed by atoms with Crippen LogP contribution in [0.4, 0.5) is 0 Å². The first-order chi connectivity index (χ1) is 11.7. The first-order valence-corrected chi connectivity index (χ1v) is 9.52. The van der Waals surface area contributed by atoms with Crippen molar-refractivity contribution >= 4 is 29.2 Å². The number of likely N-dealkylation sites (tertiary alicyclic amines) is 1. The van der Waals surface area contributed by atoms with Crippen LogP contribution in [-0.2, 0) is 9.59 Å². The fourth-order valence-electron chi connectivity index (χ4n) is 3.17. The minimum atomic E-state index is 0.0238. The molecular formula is C17H24N4O2S. The predicted molar refractivity (Wildman–Crippen MR) is 94.6 cm³/mol. The molecule has 24 heavy (non-hydrogen) atoms. The smallest absolute Gasteiger partial charge is 0.246 e. The monoisotopic (exact) mass is 348 g/mol. The average Bonchev–Trinajstić information content (AvgIpc) is 3.24. The molecule has 0 aliphatic carbocycles. The number of carbonyl (C=O) groups excluding carboxylic acids is 2. The molecule has 3 rings (SSSR count). The van der Waals surface area contributed by atoms with Gasteiger partial charge in [0, 0.05) is 50.7 Å². The summed E-state index contributed by atoms with van der Waals surface area (Å²) >= 11 is 1.52. The van der Waals surface area contributed by atoms with Gasteiger partial charge in [0.1, 0.15) is 0 Å². The van der Waals surface area contributed by atoms with Crippen molar-refractivity contribution in [3.05, 3.63) is 22.7 Å². The van der Waals surface area contributed by atoms with Gasteiger partial charge < -0.3 is 9.80 Å². The molecule has 6 nitrogen and oxygen atoms in total. The summed E-state index contributed by atoms with van der Waals surface area (Å²) in [6.45, 7) is 5.34. The second-order valence-electron chi connectivity index (χ2n) is 6.29. The van der Waals surface area contributed by atoms with Crippen LogP contribution in [0.15, 0.2) is 17.0 Å². The Kier molecular flexibility index (Phi) is 5.98. The maximum atomic E-state index is 12.3. The minimum Gasteiger partial charge on any atom is -0.342 e. The summed E-state index contributed by atoms with van der Waals surface area (Å²) in [5.74, 6) is 0.256. The number of carbonyl (C=O) groups is 2. The number of amides is 2. The molecule has 3 heterocycles. The van der Waals surface area contributed by atoms with Gasteiger partial charge >= 0.3 is 0 Å². The Morgan fingerprint density at radius 3 is 2.58 bits per heavy atom. The van der Waals surface area contributed by atoms with Crippen LogP contribution >= 0.6 is 11.3 Å². The molecule has 0 N–H and O–H groups in total. The first kappa shape index (κ1) is 17.1. The van der Waals surface area contributed by atoms with Gasteiger partial charge in [-0.1, -0.05) is 0 Å². The Hall–Kier alpha value is -1.73. The fraction of sp³-hybridized carbons (Fsp3) is 0.588. The number of aromatic nitrogens is 1. The molecule has 0 aromatic carbocycles. The molecule has 0 radical (unpaired) electrons. The Morgan fingerprint density at radius 2 is 1.83 bits per heavy atom. The van der Waals surface area contributed by atoms with Gasteiger partial charge in [-0.2, -0.15) is 0 Å². The highest BCUT2D eigenvalue weighted by Crippen LogP contribution is 2.10. The summed E-state index contributed by atoms with van der Waals surface area (Å²) in [4.78, 5) is 34.7. The zero-order valence-electron chi connectivity index (χ0n) is 13.9. The van der Waals surface area contributed by atoms with E-state index in [-0.39, 0.29) is 11.8 Å². The molecule has 2 fully saturated rings. The van der Waals surface area contributed by atoms with Crippen molar-refractivity contribution < 1.29 is 9.59 Å². The van der Waals surface area contributed by atoms with Gasteiger partial charge in [-0.3, -0.25) is 14.5 Å². The fourth-order valence-corrected chi connectivity index (χ4v) is 3.70. The van der Waals surface area contributed by atoms with Gasteiger partial charge in [-0.25, -0.2) is 4.98 Å². The normalized spacial score (nSPS) is 19.8. The maximum Gasteiger partial charge on any atom is 0.246 e. The molecular weight excluding hydrogens is 324 g/mol. The standard InChI is InChI=1S/C17H24N4O2S/c22-16(5-4-15-13-24-14-18-15)21-9-3-6-19(10-11-21)12-17(23)20-7-1-2-8-20/h4-5,13-14H,1-3,6-12H2. The van der Waals surface area contributed by atoms with Crippen molar-refractivity contribution in [1.29, 1.82) is 0 Å². The summed E-state index contributed by atoms with van der Waals surface area (Å²) in [6, 6.07) is 0. The molecule has 130 valence electrons. The van der Waals surface area contributed by atoms with Crippen molar-refractivity contribution in [3.63, 3.8) is 0 Å². The van der Waals surface area contributed by atoms with Crippen LogP contribution in [0.25, 0.3) is 6.08 Å². The lowest BCUT2D eigenvalue weighted by molar-refractivity contribution is -0.131. The molecule has 2 amide bonds. The number of rotatable bonds is 4. The highest BCUT2D eigenvalue weighted by molar-refractivity contribution is 7.07. The zero-order chi connectivity index (χ0) is 16.8. The van der Waals surface area contributed by atoms with Crippen LogP contribution in [0, 0.1) is 0 Å². The second-order valence-corrected chi connectivity index (χ2v) is 7.01. The summed E-state index contributed by atoms with van der Waals surface area (Å²) < 4.78 is 0. The van der Waals surface area contributed by atoms with E-state index in [2.05, 4.69) is 9.88 Å². The summed E-state index contributed by atoms with van der Waals surface area (Å²) in [5, 5.41) is 1.91. The van der Waals surface area contributed by atoms with Crippen molar-refractivity contribution in [2.45, 2.75) is 19.3 Å². The number of hydrogen-bond acceptors (Lipinski definition) is 5. The predicted octanol–water partition coefficient (Wildman–Crippen LogP) is 1.31. The van der Waals surface area contributed by atoms with E-state index in [1.807, 2.05) is 15.2 Å². The van der Waals surface area contributed by atoms with Gasteiger partial charge in [0.25, 0.3) is 0 Å². The lowest BCUT2D eigenvalue weighted by atomic mass is 10.3. The van der Waals surface area contributed by atoms with E-state index in [0.717, 1.165) is 57.7 Å². The van der Waals surface area contributed by atoms with E-state index in [9.17, 15) is 9.59 Å². The molecule has 2 aliphatic heterocycles. The van der Waals surface area contributed by atoms with E-state index < -0.39 is 0 Å². The lowest BCUT2D eigenvalue weighted by Crippen LogP contribution is -2.41. The molecule has 2 saturated heterocycles.